The molecule has 0 aliphatic rings. The number of carbonyl (C=O) groups excluding carboxylic acids is 1. The smallest absolute Gasteiger partial charge is 0.387 e. The number of H-pyrrole nitrogens is 1. The van der Waals surface area contributed by atoms with E-state index < -0.39 is 6.61 Å². The molecular weight excluding hydrogens is 292 g/mol. The summed E-state index contributed by atoms with van der Waals surface area (Å²) >= 11 is 0. The van der Waals surface area contributed by atoms with Crippen molar-refractivity contribution in [2.24, 2.45) is 0 Å². The lowest BCUT2D eigenvalue weighted by Crippen LogP contribution is -2.02. The van der Waals surface area contributed by atoms with Crippen molar-refractivity contribution in [2.75, 3.05) is 5.32 Å². The zero-order valence-corrected chi connectivity index (χ0v) is 11.2. The van der Waals surface area contributed by atoms with E-state index in [1.165, 1.54) is 12.3 Å². The lowest BCUT2D eigenvalue weighted by Gasteiger charge is -2.08. The van der Waals surface area contributed by atoms with Gasteiger partial charge in [-0.3, -0.25) is 4.79 Å². The van der Waals surface area contributed by atoms with E-state index >= 15 is 0 Å². The Morgan fingerprint density at radius 3 is 2.86 bits per heavy atom. The summed E-state index contributed by atoms with van der Waals surface area (Å²) in [6, 6.07) is 9.98. The number of aromatic amines is 1. The van der Waals surface area contributed by atoms with Gasteiger partial charge in [-0.05, 0) is 24.3 Å². The van der Waals surface area contributed by atoms with Crippen LogP contribution in [-0.4, -0.2) is 23.0 Å². The average molecular weight is 303 g/mol. The molecule has 0 fully saturated rings. The third-order valence-electron chi connectivity index (χ3n) is 3.09. The number of hydrogen-bond donors (Lipinski definition) is 2. The number of aromatic nitrogens is 2. The number of nitrogens with zero attached hydrogens (tertiary/aromatic N) is 1. The zero-order valence-electron chi connectivity index (χ0n) is 11.2. The van der Waals surface area contributed by atoms with Crippen molar-refractivity contribution in [3.63, 3.8) is 0 Å². The Balaban J connectivity index is 2.05. The van der Waals surface area contributed by atoms with Crippen molar-refractivity contribution < 1.29 is 18.3 Å². The first kappa shape index (κ1) is 14.0. The summed E-state index contributed by atoms with van der Waals surface area (Å²) in [6.07, 6.45) is 2.06. The highest BCUT2D eigenvalue weighted by Crippen LogP contribution is 2.32. The van der Waals surface area contributed by atoms with Gasteiger partial charge < -0.3 is 15.0 Å². The molecule has 0 radical (unpaired) electrons. The third kappa shape index (κ3) is 2.73. The molecule has 3 aromatic rings. The number of halogens is 2. The number of carbonyl (C=O) groups is 1. The van der Waals surface area contributed by atoms with Crippen LogP contribution < -0.4 is 10.1 Å². The van der Waals surface area contributed by atoms with Crippen LogP contribution in [0, 0.1) is 0 Å². The second-order valence-corrected chi connectivity index (χ2v) is 4.48. The van der Waals surface area contributed by atoms with E-state index in [0.717, 1.165) is 5.39 Å². The van der Waals surface area contributed by atoms with Gasteiger partial charge in [0.15, 0.2) is 0 Å². The first-order chi connectivity index (χ1) is 10.7. The fourth-order valence-electron chi connectivity index (χ4n) is 2.20. The van der Waals surface area contributed by atoms with Crippen LogP contribution in [0.4, 0.5) is 14.5 Å². The maximum atomic E-state index is 12.5. The highest BCUT2D eigenvalue weighted by Gasteiger charge is 2.13. The quantitative estimate of drug-likeness (QED) is 0.710. The summed E-state index contributed by atoms with van der Waals surface area (Å²) in [4.78, 5) is 17.7. The molecular formula is C15H11F2N3O2. The predicted molar refractivity (Wildman–Crippen MR) is 77.8 cm³/mol. The minimum atomic E-state index is -2.90. The fourth-order valence-corrected chi connectivity index (χ4v) is 2.20. The molecule has 7 heteroatoms. The number of fused-ring (bicyclic) bond motifs is 1. The van der Waals surface area contributed by atoms with E-state index in [-0.39, 0.29) is 5.75 Å². The van der Waals surface area contributed by atoms with Crippen molar-refractivity contribution in [2.45, 2.75) is 6.61 Å². The lowest BCUT2D eigenvalue weighted by atomic mass is 10.1. The second-order valence-electron chi connectivity index (χ2n) is 4.48. The molecule has 0 saturated heterocycles. The Morgan fingerprint density at radius 1 is 1.27 bits per heavy atom. The number of alkyl halides is 2. The molecule has 2 heterocycles. The van der Waals surface area contributed by atoms with Crippen molar-refractivity contribution in [1.82, 2.24) is 9.97 Å². The molecule has 1 amide bonds. The number of nitrogens with one attached hydrogen (secondary N) is 2. The number of pyridine rings is 1. The van der Waals surface area contributed by atoms with E-state index in [0.29, 0.717) is 29.0 Å². The molecule has 2 aromatic heterocycles. The first-order valence-electron chi connectivity index (χ1n) is 6.40. The van der Waals surface area contributed by atoms with Gasteiger partial charge in [-0.15, -0.1) is 0 Å². The van der Waals surface area contributed by atoms with Crippen molar-refractivity contribution in [3.05, 3.63) is 42.6 Å². The Labute approximate surface area is 123 Å². The molecule has 0 saturated carbocycles. The summed E-state index contributed by atoms with van der Waals surface area (Å²) in [5.74, 6) is 0.0790. The molecule has 0 bridgehead atoms. The Hall–Kier alpha value is -2.96. The second kappa shape index (κ2) is 5.80. The zero-order chi connectivity index (χ0) is 15.5. The monoisotopic (exact) mass is 303 g/mol. The van der Waals surface area contributed by atoms with Crippen LogP contribution in [0.5, 0.6) is 5.75 Å². The molecule has 22 heavy (non-hydrogen) atoms. The summed E-state index contributed by atoms with van der Waals surface area (Å²) in [5, 5.41) is 3.25. The van der Waals surface area contributed by atoms with Crippen LogP contribution in [-0.2, 0) is 4.79 Å². The SMILES string of the molecule is O=CNc1cnc2[nH]c(-c3ccccc3OC(F)F)cc2c1. The Bertz CT molecular complexity index is 817. The van der Waals surface area contributed by atoms with Gasteiger partial charge in [0.1, 0.15) is 11.4 Å². The minimum Gasteiger partial charge on any atom is -0.434 e. The highest BCUT2D eigenvalue weighted by molar-refractivity contribution is 5.88. The van der Waals surface area contributed by atoms with Crippen LogP contribution in [0.15, 0.2) is 42.6 Å². The molecule has 112 valence electrons. The van der Waals surface area contributed by atoms with Crippen LogP contribution >= 0.6 is 0 Å². The summed E-state index contributed by atoms with van der Waals surface area (Å²) in [7, 11) is 0. The maximum absolute atomic E-state index is 12.5. The van der Waals surface area contributed by atoms with E-state index in [2.05, 4.69) is 20.0 Å². The van der Waals surface area contributed by atoms with Gasteiger partial charge in [-0.25, -0.2) is 4.98 Å². The van der Waals surface area contributed by atoms with E-state index in [1.807, 2.05) is 0 Å². The summed E-state index contributed by atoms with van der Waals surface area (Å²) in [6.45, 7) is -2.90. The predicted octanol–water partition coefficient (Wildman–Crippen LogP) is 3.40. The molecule has 0 unspecified atom stereocenters. The molecule has 5 nitrogen and oxygen atoms in total. The molecule has 0 spiro atoms. The first-order valence-corrected chi connectivity index (χ1v) is 6.40. The van der Waals surface area contributed by atoms with Crippen LogP contribution in [0.1, 0.15) is 0 Å². The summed E-state index contributed by atoms with van der Waals surface area (Å²) < 4.78 is 29.5. The number of para-hydroxylation sites is 1. The molecule has 3 rings (SSSR count). The molecule has 0 aliphatic heterocycles. The van der Waals surface area contributed by atoms with Crippen LogP contribution in [0.2, 0.25) is 0 Å². The number of rotatable bonds is 5. The largest absolute Gasteiger partial charge is 0.434 e. The normalized spacial score (nSPS) is 10.9. The molecule has 0 aliphatic carbocycles. The number of hydrogen-bond acceptors (Lipinski definition) is 3. The van der Waals surface area contributed by atoms with Gasteiger partial charge in [0, 0.05) is 10.9 Å². The van der Waals surface area contributed by atoms with Gasteiger partial charge in [0.05, 0.1) is 17.6 Å². The number of anilines is 1. The third-order valence-corrected chi connectivity index (χ3v) is 3.09. The maximum Gasteiger partial charge on any atom is 0.387 e. The Morgan fingerprint density at radius 2 is 2.09 bits per heavy atom. The van der Waals surface area contributed by atoms with E-state index in [1.54, 1.807) is 30.3 Å². The minimum absolute atomic E-state index is 0.0790. The molecule has 0 atom stereocenters. The van der Waals surface area contributed by atoms with Gasteiger partial charge in [0.25, 0.3) is 0 Å². The van der Waals surface area contributed by atoms with Gasteiger partial charge in [0.2, 0.25) is 6.41 Å². The van der Waals surface area contributed by atoms with Crippen molar-refractivity contribution >= 4 is 23.1 Å². The number of ether oxygens (including phenoxy) is 1. The molecule has 2 N–H and O–H groups in total. The van der Waals surface area contributed by atoms with Crippen molar-refractivity contribution in [1.29, 1.82) is 0 Å². The topological polar surface area (TPSA) is 67.0 Å². The lowest BCUT2D eigenvalue weighted by molar-refractivity contribution is -0.105. The van der Waals surface area contributed by atoms with E-state index in [4.69, 9.17) is 0 Å². The number of benzene rings is 1. The van der Waals surface area contributed by atoms with Gasteiger partial charge in [-0.2, -0.15) is 8.78 Å². The van der Waals surface area contributed by atoms with Crippen LogP contribution in [0.3, 0.4) is 0 Å². The standard InChI is InChI=1S/C15H11F2N3O2/c16-15(17)22-13-4-2-1-3-11(13)12-6-9-5-10(19-8-21)7-18-14(9)20-12/h1-8,15H,(H,18,20)(H,19,21). The highest BCUT2D eigenvalue weighted by atomic mass is 19.3. The van der Waals surface area contributed by atoms with Crippen molar-refractivity contribution in [3.8, 4) is 17.0 Å². The number of amides is 1. The Kier molecular flexibility index (Phi) is 3.69. The fraction of sp³-hybridized carbons (Fsp3) is 0.0667. The average Bonchev–Trinajstić information content (AvgIpc) is 2.90. The van der Waals surface area contributed by atoms with Gasteiger partial charge >= 0.3 is 6.61 Å². The molecule has 1 aromatic carbocycles. The summed E-state index contributed by atoms with van der Waals surface area (Å²) in [5.41, 5.74) is 2.23. The van der Waals surface area contributed by atoms with Crippen LogP contribution in [0.25, 0.3) is 22.3 Å². The van der Waals surface area contributed by atoms with E-state index in [9.17, 15) is 13.6 Å². The van der Waals surface area contributed by atoms with Gasteiger partial charge in [-0.1, -0.05) is 12.1 Å².